The molecule has 1 aliphatic carbocycles. The third-order valence-electron chi connectivity index (χ3n) is 3.22. The van der Waals surface area contributed by atoms with Crippen molar-refractivity contribution in [2.45, 2.75) is 39.2 Å². The molecule has 0 aromatic heterocycles. The molecule has 0 aromatic rings. The molecule has 76 valence electrons. The van der Waals surface area contributed by atoms with Gasteiger partial charge in [-0.05, 0) is 18.8 Å². The molecule has 1 fully saturated rings. The van der Waals surface area contributed by atoms with Gasteiger partial charge < -0.3 is 10.2 Å². The van der Waals surface area contributed by atoms with Gasteiger partial charge in [0, 0.05) is 11.8 Å². The molecule has 0 spiro atoms. The largest absolute Gasteiger partial charge is 0.394 e. The molecule has 0 amide bonds. The summed E-state index contributed by atoms with van der Waals surface area (Å²) in [4.78, 5) is 11.6. The molecule has 1 saturated carbocycles. The minimum Gasteiger partial charge on any atom is -0.394 e. The van der Waals surface area contributed by atoms with Gasteiger partial charge in [-0.1, -0.05) is 13.8 Å². The van der Waals surface area contributed by atoms with Gasteiger partial charge in [-0.2, -0.15) is 0 Å². The third-order valence-corrected chi connectivity index (χ3v) is 3.22. The van der Waals surface area contributed by atoms with Crippen molar-refractivity contribution in [1.29, 1.82) is 0 Å². The number of ketones is 1. The molecule has 13 heavy (non-hydrogen) atoms. The first-order valence-electron chi connectivity index (χ1n) is 4.82. The van der Waals surface area contributed by atoms with Crippen molar-refractivity contribution in [3.8, 4) is 0 Å². The molecule has 1 rings (SSSR count). The number of rotatable bonds is 2. The highest BCUT2D eigenvalue weighted by Gasteiger charge is 2.42. The zero-order valence-corrected chi connectivity index (χ0v) is 8.29. The summed E-state index contributed by atoms with van der Waals surface area (Å²) < 4.78 is 0. The first-order chi connectivity index (χ1) is 6.00. The Kier molecular flexibility index (Phi) is 3.09. The second-order valence-corrected chi connectivity index (χ2v) is 4.39. The van der Waals surface area contributed by atoms with Crippen LogP contribution in [0.15, 0.2) is 0 Å². The number of carbonyl (C=O) groups is 1. The minimum absolute atomic E-state index is 0.0845. The standard InChI is InChI=1S/C10H18O3/c1-10(2)7(8(12)6-11)4-3-5-9(10)13/h7-8,11-12H,3-6H2,1-2H3/t7-,8-/m0/s1. The highest BCUT2D eigenvalue weighted by molar-refractivity contribution is 5.85. The Morgan fingerprint density at radius 3 is 2.77 bits per heavy atom. The predicted molar refractivity (Wildman–Crippen MR) is 49.2 cm³/mol. The molecule has 3 nitrogen and oxygen atoms in total. The fourth-order valence-electron chi connectivity index (χ4n) is 2.17. The smallest absolute Gasteiger partial charge is 0.138 e. The Hall–Kier alpha value is -0.410. The van der Waals surface area contributed by atoms with Gasteiger partial charge >= 0.3 is 0 Å². The molecule has 0 radical (unpaired) electrons. The van der Waals surface area contributed by atoms with Crippen molar-refractivity contribution in [3.05, 3.63) is 0 Å². The zero-order valence-electron chi connectivity index (χ0n) is 8.29. The van der Waals surface area contributed by atoms with Crippen molar-refractivity contribution >= 4 is 5.78 Å². The normalized spacial score (nSPS) is 30.2. The average molecular weight is 186 g/mol. The van der Waals surface area contributed by atoms with Crippen molar-refractivity contribution < 1.29 is 15.0 Å². The van der Waals surface area contributed by atoms with E-state index >= 15 is 0 Å². The van der Waals surface area contributed by atoms with E-state index in [0.717, 1.165) is 12.8 Å². The SMILES string of the molecule is CC1(C)C(=O)CCC[C@H]1[C@@H](O)CO. The van der Waals surface area contributed by atoms with Gasteiger partial charge in [-0.15, -0.1) is 0 Å². The number of hydrogen-bond acceptors (Lipinski definition) is 3. The summed E-state index contributed by atoms with van der Waals surface area (Å²) in [5.74, 6) is 0.120. The van der Waals surface area contributed by atoms with Gasteiger partial charge in [0.25, 0.3) is 0 Å². The van der Waals surface area contributed by atoms with E-state index < -0.39 is 11.5 Å². The van der Waals surface area contributed by atoms with E-state index in [1.165, 1.54) is 0 Å². The van der Waals surface area contributed by atoms with Crippen LogP contribution in [0.1, 0.15) is 33.1 Å². The van der Waals surface area contributed by atoms with E-state index in [1.807, 2.05) is 13.8 Å². The average Bonchev–Trinajstić information content (AvgIpc) is 2.08. The summed E-state index contributed by atoms with van der Waals surface area (Å²) in [6.45, 7) is 3.47. The number of aliphatic hydroxyl groups excluding tert-OH is 2. The van der Waals surface area contributed by atoms with Gasteiger partial charge in [0.15, 0.2) is 0 Å². The minimum atomic E-state index is -0.751. The highest BCUT2D eigenvalue weighted by atomic mass is 16.3. The molecule has 1 aliphatic rings. The number of Topliss-reactive ketones (excluding diaryl/α,β-unsaturated/α-hetero) is 1. The second kappa shape index (κ2) is 3.76. The molecule has 0 unspecified atom stereocenters. The number of aliphatic hydroxyl groups is 2. The van der Waals surface area contributed by atoms with Crippen LogP contribution in [0.25, 0.3) is 0 Å². The maximum atomic E-state index is 11.6. The lowest BCUT2D eigenvalue weighted by Crippen LogP contribution is -2.44. The first kappa shape index (κ1) is 10.7. The molecular weight excluding hydrogens is 168 g/mol. The van der Waals surface area contributed by atoms with Crippen LogP contribution in [0.4, 0.5) is 0 Å². The van der Waals surface area contributed by atoms with Crippen molar-refractivity contribution in [3.63, 3.8) is 0 Å². The van der Waals surface area contributed by atoms with Gasteiger partial charge in [-0.3, -0.25) is 4.79 Å². The topological polar surface area (TPSA) is 57.5 Å². The lowest BCUT2D eigenvalue weighted by molar-refractivity contribution is -0.137. The van der Waals surface area contributed by atoms with E-state index in [4.69, 9.17) is 5.11 Å². The molecule has 0 aliphatic heterocycles. The maximum Gasteiger partial charge on any atom is 0.138 e. The van der Waals surface area contributed by atoms with Crippen molar-refractivity contribution in [2.75, 3.05) is 6.61 Å². The van der Waals surface area contributed by atoms with E-state index in [0.29, 0.717) is 6.42 Å². The van der Waals surface area contributed by atoms with E-state index in [9.17, 15) is 9.90 Å². The van der Waals surface area contributed by atoms with Crippen LogP contribution in [0.2, 0.25) is 0 Å². The summed E-state index contributed by atoms with van der Waals surface area (Å²) in [5.41, 5.74) is -0.472. The van der Waals surface area contributed by atoms with Crippen LogP contribution in [-0.4, -0.2) is 28.7 Å². The summed E-state index contributed by atoms with van der Waals surface area (Å²) in [7, 11) is 0. The fourth-order valence-corrected chi connectivity index (χ4v) is 2.17. The van der Waals surface area contributed by atoms with E-state index in [-0.39, 0.29) is 18.3 Å². The summed E-state index contributed by atoms with van der Waals surface area (Å²) in [6.07, 6.45) is 1.53. The summed E-state index contributed by atoms with van der Waals surface area (Å²) in [6, 6.07) is 0. The molecule has 0 bridgehead atoms. The van der Waals surface area contributed by atoms with Crippen LogP contribution in [0.5, 0.6) is 0 Å². The number of hydrogen-bond donors (Lipinski definition) is 2. The Balaban J connectivity index is 2.77. The molecule has 0 heterocycles. The van der Waals surface area contributed by atoms with Crippen LogP contribution in [-0.2, 0) is 4.79 Å². The van der Waals surface area contributed by atoms with Crippen LogP contribution in [0.3, 0.4) is 0 Å². The summed E-state index contributed by atoms with van der Waals surface area (Å²) >= 11 is 0. The third kappa shape index (κ3) is 1.92. The van der Waals surface area contributed by atoms with Crippen molar-refractivity contribution in [1.82, 2.24) is 0 Å². The van der Waals surface area contributed by atoms with Crippen LogP contribution in [0, 0.1) is 11.3 Å². The lowest BCUT2D eigenvalue weighted by atomic mass is 9.66. The van der Waals surface area contributed by atoms with Crippen molar-refractivity contribution in [2.24, 2.45) is 11.3 Å². The zero-order chi connectivity index (χ0) is 10.1. The predicted octanol–water partition coefficient (Wildman–Crippen LogP) is 0.735. The molecule has 0 aromatic carbocycles. The van der Waals surface area contributed by atoms with E-state index in [2.05, 4.69) is 0 Å². The Morgan fingerprint density at radius 1 is 1.62 bits per heavy atom. The second-order valence-electron chi connectivity index (χ2n) is 4.39. The van der Waals surface area contributed by atoms with E-state index in [1.54, 1.807) is 0 Å². The Bertz CT molecular complexity index is 198. The molecule has 2 atom stereocenters. The highest BCUT2D eigenvalue weighted by Crippen LogP contribution is 2.39. The van der Waals surface area contributed by atoms with Gasteiger partial charge in [-0.25, -0.2) is 0 Å². The maximum absolute atomic E-state index is 11.6. The van der Waals surface area contributed by atoms with Crippen LogP contribution < -0.4 is 0 Å². The molecule has 3 heteroatoms. The van der Waals surface area contributed by atoms with Gasteiger partial charge in [0.2, 0.25) is 0 Å². The first-order valence-corrected chi connectivity index (χ1v) is 4.82. The van der Waals surface area contributed by atoms with Gasteiger partial charge in [0.05, 0.1) is 12.7 Å². The Labute approximate surface area is 78.8 Å². The lowest BCUT2D eigenvalue weighted by Gasteiger charge is -2.39. The number of carbonyl (C=O) groups excluding carboxylic acids is 1. The Morgan fingerprint density at radius 2 is 2.23 bits per heavy atom. The van der Waals surface area contributed by atoms with Gasteiger partial charge in [0.1, 0.15) is 5.78 Å². The van der Waals surface area contributed by atoms with Crippen LogP contribution >= 0.6 is 0 Å². The quantitative estimate of drug-likeness (QED) is 0.668. The summed E-state index contributed by atoms with van der Waals surface area (Å²) in [5, 5.41) is 18.4. The molecular formula is C10H18O3. The fraction of sp³-hybridized carbons (Fsp3) is 0.900. The molecule has 0 saturated heterocycles. The molecule has 2 N–H and O–H groups in total. The monoisotopic (exact) mass is 186 g/mol.